The molecule has 0 N–H and O–H groups in total. The summed E-state index contributed by atoms with van der Waals surface area (Å²) in [5.74, 6) is 1.83. The van der Waals surface area contributed by atoms with E-state index in [4.69, 9.17) is 9.47 Å². The fourth-order valence-corrected chi connectivity index (χ4v) is 7.26. The number of hydrogen-bond donors (Lipinski definition) is 0. The molecule has 1 amide bonds. The van der Waals surface area contributed by atoms with Crippen LogP contribution in [0.2, 0.25) is 0 Å². The molecule has 3 aromatic rings. The number of esters is 1. The molecule has 0 spiro atoms. The Morgan fingerprint density at radius 2 is 1.63 bits per heavy atom. The Morgan fingerprint density at radius 3 is 2.30 bits per heavy atom. The Morgan fingerprint density at radius 1 is 0.884 bits per heavy atom. The van der Waals surface area contributed by atoms with E-state index in [2.05, 4.69) is 70.3 Å². The second-order valence-electron chi connectivity index (χ2n) is 13.0. The van der Waals surface area contributed by atoms with Gasteiger partial charge in [0.15, 0.2) is 0 Å². The van der Waals surface area contributed by atoms with Gasteiger partial charge in [0.25, 0.3) is 0 Å². The highest BCUT2D eigenvalue weighted by atomic mass is 16.5. The van der Waals surface area contributed by atoms with Gasteiger partial charge in [0.05, 0.1) is 32.4 Å². The SMILES string of the molecule is COc1ccc([C@H]2CC[C@H](CN(c3cccc(-c4cnn(C5CC5)c4)c3)C(=O)[C@H]3CC[C@H](C(=O)OC)CC3)CC2)cc1C. The first-order valence-electron chi connectivity index (χ1n) is 16.1. The van der Waals surface area contributed by atoms with Crippen LogP contribution in [-0.2, 0) is 14.3 Å². The molecule has 228 valence electrons. The highest BCUT2D eigenvalue weighted by Gasteiger charge is 2.35. The van der Waals surface area contributed by atoms with Gasteiger partial charge >= 0.3 is 5.97 Å². The Labute approximate surface area is 255 Å². The number of rotatable bonds is 9. The van der Waals surface area contributed by atoms with Crippen molar-refractivity contribution in [3.05, 3.63) is 66.0 Å². The molecule has 3 saturated carbocycles. The number of carbonyl (C=O) groups excluding carboxylic acids is 2. The number of hydrogen-bond acceptors (Lipinski definition) is 5. The Bertz CT molecular complexity index is 1430. The van der Waals surface area contributed by atoms with Crippen molar-refractivity contribution >= 4 is 17.6 Å². The molecule has 2 aromatic carbocycles. The van der Waals surface area contributed by atoms with Gasteiger partial charge in [-0.05, 0) is 118 Å². The van der Waals surface area contributed by atoms with E-state index in [1.165, 1.54) is 31.1 Å². The highest BCUT2D eigenvalue weighted by molar-refractivity contribution is 5.96. The van der Waals surface area contributed by atoms with Crippen molar-refractivity contribution in [1.29, 1.82) is 0 Å². The summed E-state index contributed by atoms with van der Waals surface area (Å²) in [6, 6.07) is 15.5. The zero-order valence-electron chi connectivity index (χ0n) is 25.8. The van der Waals surface area contributed by atoms with Crippen LogP contribution in [0.5, 0.6) is 5.75 Å². The monoisotopic (exact) mass is 583 g/mol. The van der Waals surface area contributed by atoms with Crippen LogP contribution in [0.1, 0.15) is 87.3 Å². The van der Waals surface area contributed by atoms with Crippen LogP contribution in [0.15, 0.2) is 54.9 Å². The Kier molecular flexibility index (Phi) is 8.87. The molecule has 43 heavy (non-hydrogen) atoms. The first kappa shape index (κ1) is 29.5. The van der Waals surface area contributed by atoms with Crippen LogP contribution in [-0.4, -0.2) is 42.4 Å². The third-order valence-corrected chi connectivity index (χ3v) is 10.1. The quantitative estimate of drug-likeness (QED) is 0.244. The third kappa shape index (κ3) is 6.66. The second-order valence-corrected chi connectivity index (χ2v) is 13.0. The maximum Gasteiger partial charge on any atom is 0.308 e. The van der Waals surface area contributed by atoms with Crippen molar-refractivity contribution in [3.63, 3.8) is 0 Å². The van der Waals surface area contributed by atoms with E-state index in [9.17, 15) is 9.59 Å². The molecule has 3 aliphatic rings. The molecule has 0 aliphatic heterocycles. The van der Waals surface area contributed by atoms with E-state index in [-0.39, 0.29) is 23.7 Å². The summed E-state index contributed by atoms with van der Waals surface area (Å²) in [4.78, 5) is 28.4. The molecule has 3 fully saturated rings. The number of methoxy groups -OCH3 is 2. The summed E-state index contributed by atoms with van der Waals surface area (Å²) >= 11 is 0. The zero-order valence-corrected chi connectivity index (χ0v) is 25.8. The van der Waals surface area contributed by atoms with Gasteiger partial charge in [0.2, 0.25) is 5.91 Å². The standard InChI is InChI=1S/C36H45N3O4/c1-24-19-30(15-18-34(24)42-2)26-9-7-25(8-10-26)22-38(35(40)27-11-13-28(14-12-27)36(41)43-3)33-6-4-5-29(20-33)31-21-37-39(23-31)32-16-17-32/h4-6,15,18-21,23,25-28,32H,7-14,16-17,22H2,1-3H3/t25-,26-,27-,28-. The van der Waals surface area contributed by atoms with Gasteiger partial charge < -0.3 is 14.4 Å². The fourth-order valence-electron chi connectivity index (χ4n) is 7.26. The predicted molar refractivity (Wildman–Crippen MR) is 168 cm³/mol. The average Bonchev–Trinajstić information content (AvgIpc) is 3.79. The summed E-state index contributed by atoms with van der Waals surface area (Å²) in [5.41, 5.74) is 5.73. The summed E-state index contributed by atoms with van der Waals surface area (Å²) in [7, 11) is 3.18. The number of aromatic nitrogens is 2. The van der Waals surface area contributed by atoms with Crippen molar-refractivity contribution < 1.29 is 19.1 Å². The molecule has 6 rings (SSSR count). The lowest BCUT2D eigenvalue weighted by Crippen LogP contribution is -2.42. The molecule has 0 bridgehead atoms. The minimum absolute atomic E-state index is 0.0687. The van der Waals surface area contributed by atoms with Crippen LogP contribution in [0.25, 0.3) is 11.1 Å². The molecule has 3 aliphatic carbocycles. The molecular weight excluding hydrogens is 538 g/mol. The van der Waals surface area contributed by atoms with Gasteiger partial charge in [-0.2, -0.15) is 5.10 Å². The maximum absolute atomic E-state index is 14.2. The van der Waals surface area contributed by atoms with E-state index < -0.39 is 0 Å². The van der Waals surface area contributed by atoms with E-state index in [0.717, 1.165) is 67.6 Å². The summed E-state index contributed by atoms with van der Waals surface area (Å²) in [6.07, 6.45) is 13.8. The van der Waals surface area contributed by atoms with E-state index in [0.29, 0.717) is 30.7 Å². The third-order valence-electron chi connectivity index (χ3n) is 10.1. The highest BCUT2D eigenvalue weighted by Crippen LogP contribution is 2.40. The lowest BCUT2D eigenvalue weighted by molar-refractivity contribution is -0.147. The van der Waals surface area contributed by atoms with Gasteiger partial charge in [0.1, 0.15) is 5.75 Å². The number of amides is 1. The van der Waals surface area contributed by atoms with Gasteiger partial charge in [0, 0.05) is 29.9 Å². The Hall–Kier alpha value is -3.61. The van der Waals surface area contributed by atoms with Crippen LogP contribution >= 0.6 is 0 Å². The van der Waals surface area contributed by atoms with E-state index in [1.54, 1.807) is 7.11 Å². The molecule has 0 saturated heterocycles. The lowest BCUT2D eigenvalue weighted by Gasteiger charge is -2.36. The van der Waals surface area contributed by atoms with Crippen molar-refractivity contribution in [2.24, 2.45) is 17.8 Å². The zero-order chi connectivity index (χ0) is 29.9. The number of aryl methyl sites for hydroxylation is 1. The van der Waals surface area contributed by atoms with Gasteiger partial charge in [-0.3, -0.25) is 14.3 Å². The van der Waals surface area contributed by atoms with E-state index >= 15 is 0 Å². The van der Waals surface area contributed by atoms with Crippen molar-refractivity contribution in [1.82, 2.24) is 9.78 Å². The topological polar surface area (TPSA) is 73.7 Å². The van der Waals surface area contributed by atoms with Crippen LogP contribution in [0.3, 0.4) is 0 Å². The molecular formula is C36H45N3O4. The summed E-state index contributed by atoms with van der Waals surface area (Å²) in [5, 5.41) is 4.60. The van der Waals surface area contributed by atoms with Crippen LogP contribution in [0.4, 0.5) is 5.69 Å². The Balaban J connectivity index is 1.19. The number of ether oxygens (including phenoxy) is 2. The summed E-state index contributed by atoms with van der Waals surface area (Å²) in [6.45, 7) is 2.84. The number of nitrogens with zero attached hydrogens (tertiary/aromatic N) is 3. The summed E-state index contributed by atoms with van der Waals surface area (Å²) < 4.78 is 12.5. The molecule has 7 heteroatoms. The van der Waals surface area contributed by atoms with Crippen LogP contribution < -0.4 is 9.64 Å². The lowest BCUT2D eigenvalue weighted by atomic mass is 9.77. The molecule has 0 unspecified atom stereocenters. The minimum Gasteiger partial charge on any atom is -0.496 e. The van der Waals surface area contributed by atoms with Gasteiger partial charge in [-0.25, -0.2) is 0 Å². The largest absolute Gasteiger partial charge is 0.496 e. The van der Waals surface area contributed by atoms with Crippen molar-refractivity contribution in [2.45, 2.75) is 83.1 Å². The van der Waals surface area contributed by atoms with Crippen molar-refractivity contribution in [2.75, 3.05) is 25.7 Å². The fraction of sp³-hybridized carbons (Fsp3) is 0.528. The second kappa shape index (κ2) is 12.9. The minimum atomic E-state index is -0.147. The molecule has 0 atom stereocenters. The molecule has 7 nitrogen and oxygen atoms in total. The van der Waals surface area contributed by atoms with Crippen LogP contribution in [0, 0.1) is 24.7 Å². The first-order valence-corrected chi connectivity index (χ1v) is 16.1. The molecule has 1 heterocycles. The van der Waals surface area contributed by atoms with Crippen molar-refractivity contribution in [3.8, 4) is 16.9 Å². The number of benzene rings is 2. The first-order chi connectivity index (χ1) is 20.9. The normalized spacial score (nSPS) is 23.9. The van der Waals surface area contributed by atoms with E-state index in [1.807, 2.05) is 6.20 Å². The van der Waals surface area contributed by atoms with Gasteiger partial charge in [-0.15, -0.1) is 0 Å². The average molecular weight is 584 g/mol. The predicted octanol–water partition coefficient (Wildman–Crippen LogP) is 7.49. The number of carbonyl (C=O) groups is 2. The maximum atomic E-state index is 14.2. The number of anilines is 1. The molecule has 1 aromatic heterocycles. The van der Waals surface area contributed by atoms with Gasteiger partial charge in [-0.1, -0.05) is 24.3 Å². The smallest absolute Gasteiger partial charge is 0.308 e. The molecule has 0 radical (unpaired) electrons.